The van der Waals surface area contributed by atoms with E-state index in [1.807, 2.05) is 20.8 Å². The predicted octanol–water partition coefficient (Wildman–Crippen LogP) is 3.48. The molecule has 1 aromatic carbocycles. The summed E-state index contributed by atoms with van der Waals surface area (Å²) in [6, 6.07) is 2.89. The predicted molar refractivity (Wildman–Crippen MR) is 51.8 cm³/mol. The average molecular weight is 203 g/mol. The van der Waals surface area contributed by atoms with Crippen molar-refractivity contribution in [1.29, 1.82) is 0 Å². The zero-order chi connectivity index (χ0) is 10.2. The van der Waals surface area contributed by atoms with Crippen LogP contribution in [0.4, 0.5) is 4.39 Å². The van der Waals surface area contributed by atoms with Gasteiger partial charge in [0, 0.05) is 0 Å². The van der Waals surface area contributed by atoms with Crippen molar-refractivity contribution in [3.8, 4) is 5.75 Å². The van der Waals surface area contributed by atoms with E-state index in [2.05, 4.69) is 0 Å². The summed E-state index contributed by atoms with van der Waals surface area (Å²) in [5.74, 6) is -1.15. The Kier molecular flexibility index (Phi) is 2.53. The van der Waals surface area contributed by atoms with Crippen LogP contribution in [0.1, 0.15) is 26.3 Å². The van der Waals surface area contributed by atoms with E-state index in [1.165, 1.54) is 6.07 Å². The summed E-state index contributed by atoms with van der Waals surface area (Å²) >= 11 is 5.64. The monoisotopic (exact) mass is 202 g/mol. The molecule has 0 aliphatic rings. The molecule has 1 aromatic rings. The summed E-state index contributed by atoms with van der Waals surface area (Å²) in [5.41, 5.74) is 0.603. The smallest absolute Gasteiger partial charge is 0.170 e. The van der Waals surface area contributed by atoms with Gasteiger partial charge >= 0.3 is 0 Å². The fourth-order valence-corrected chi connectivity index (χ4v) is 1.21. The molecule has 13 heavy (non-hydrogen) atoms. The first-order chi connectivity index (χ1) is 5.82. The lowest BCUT2D eigenvalue weighted by atomic mass is 9.87. The molecule has 0 aliphatic carbocycles. The van der Waals surface area contributed by atoms with Crippen molar-refractivity contribution in [1.82, 2.24) is 0 Å². The van der Waals surface area contributed by atoms with Crippen LogP contribution in [0.25, 0.3) is 0 Å². The van der Waals surface area contributed by atoms with Gasteiger partial charge in [-0.3, -0.25) is 0 Å². The normalized spacial score (nSPS) is 11.8. The number of hydrogen-bond donors (Lipinski definition) is 1. The van der Waals surface area contributed by atoms with Crippen molar-refractivity contribution in [2.45, 2.75) is 26.2 Å². The van der Waals surface area contributed by atoms with Crippen molar-refractivity contribution >= 4 is 11.6 Å². The molecule has 0 fully saturated rings. The molecule has 0 spiro atoms. The first kappa shape index (κ1) is 10.3. The van der Waals surface area contributed by atoms with Crippen molar-refractivity contribution in [3.05, 3.63) is 28.5 Å². The van der Waals surface area contributed by atoms with Gasteiger partial charge in [0.05, 0.1) is 5.02 Å². The minimum absolute atomic E-state index is 0.0601. The third-order valence-electron chi connectivity index (χ3n) is 1.88. The Morgan fingerprint density at radius 1 is 1.31 bits per heavy atom. The second-order valence-corrected chi connectivity index (χ2v) is 4.45. The minimum atomic E-state index is -0.669. The van der Waals surface area contributed by atoms with Crippen LogP contribution in [0.5, 0.6) is 5.75 Å². The summed E-state index contributed by atoms with van der Waals surface area (Å²) in [5, 5.41) is 9.15. The maximum absolute atomic E-state index is 13.0. The van der Waals surface area contributed by atoms with Crippen LogP contribution in [-0.4, -0.2) is 5.11 Å². The zero-order valence-corrected chi connectivity index (χ0v) is 8.61. The molecule has 0 radical (unpaired) electrons. The van der Waals surface area contributed by atoms with Gasteiger partial charge < -0.3 is 5.11 Å². The molecular weight excluding hydrogens is 191 g/mol. The van der Waals surface area contributed by atoms with E-state index >= 15 is 0 Å². The first-order valence-corrected chi connectivity index (χ1v) is 4.38. The lowest BCUT2D eigenvalue weighted by molar-refractivity contribution is 0.430. The highest BCUT2D eigenvalue weighted by molar-refractivity contribution is 6.32. The number of hydrogen-bond acceptors (Lipinski definition) is 1. The van der Waals surface area contributed by atoms with E-state index in [1.54, 1.807) is 6.07 Å². The Balaban J connectivity index is 3.29. The van der Waals surface area contributed by atoms with E-state index < -0.39 is 11.6 Å². The van der Waals surface area contributed by atoms with Gasteiger partial charge in [-0.15, -0.1) is 0 Å². The van der Waals surface area contributed by atoms with Crippen LogP contribution >= 0.6 is 11.6 Å². The van der Waals surface area contributed by atoms with Crippen molar-refractivity contribution in [2.24, 2.45) is 0 Å². The molecule has 0 aromatic heterocycles. The molecule has 0 amide bonds. The van der Waals surface area contributed by atoms with Gasteiger partial charge in [0.2, 0.25) is 0 Å². The summed E-state index contributed by atoms with van der Waals surface area (Å²) in [7, 11) is 0. The number of halogens is 2. The number of aromatic hydroxyl groups is 1. The molecule has 1 rings (SSSR count). The Morgan fingerprint density at radius 2 is 1.85 bits per heavy atom. The van der Waals surface area contributed by atoms with Crippen molar-refractivity contribution < 1.29 is 9.50 Å². The lowest BCUT2D eigenvalue weighted by Crippen LogP contribution is -2.11. The van der Waals surface area contributed by atoms with Gasteiger partial charge in [-0.1, -0.05) is 32.4 Å². The van der Waals surface area contributed by atoms with E-state index in [9.17, 15) is 4.39 Å². The number of rotatable bonds is 0. The molecule has 0 heterocycles. The lowest BCUT2D eigenvalue weighted by Gasteiger charge is -2.19. The molecule has 0 unspecified atom stereocenters. The Morgan fingerprint density at radius 3 is 2.23 bits per heavy atom. The molecule has 1 nitrogen and oxygen atoms in total. The van der Waals surface area contributed by atoms with Crippen LogP contribution in [0.15, 0.2) is 12.1 Å². The van der Waals surface area contributed by atoms with E-state index in [4.69, 9.17) is 16.7 Å². The van der Waals surface area contributed by atoms with Gasteiger partial charge in [-0.05, 0) is 23.1 Å². The topological polar surface area (TPSA) is 20.2 Å². The molecule has 0 saturated carbocycles. The maximum atomic E-state index is 13.0. The van der Waals surface area contributed by atoms with Gasteiger partial charge in [0.25, 0.3) is 0 Å². The number of phenolic OH excluding ortho intramolecular Hbond substituents is 1. The van der Waals surface area contributed by atoms with E-state index in [0.717, 1.165) is 5.56 Å². The highest BCUT2D eigenvalue weighted by atomic mass is 35.5. The maximum Gasteiger partial charge on any atom is 0.170 e. The molecule has 3 heteroatoms. The van der Waals surface area contributed by atoms with Crippen LogP contribution < -0.4 is 0 Å². The van der Waals surface area contributed by atoms with E-state index in [-0.39, 0.29) is 10.4 Å². The zero-order valence-electron chi connectivity index (χ0n) is 7.86. The Labute approximate surface area is 82.2 Å². The molecule has 1 N–H and O–H groups in total. The fraction of sp³-hybridized carbons (Fsp3) is 0.400. The van der Waals surface area contributed by atoms with E-state index in [0.29, 0.717) is 0 Å². The summed E-state index contributed by atoms with van der Waals surface area (Å²) in [6.07, 6.45) is 0. The molecular formula is C10H12ClFO. The summed E-state index contributed by atoms with van der Waals surface area (Å²) in [6.45, 7) is 5.86. The number of phenols is 1. The number of benzene rings is 1. The Bertz CT molecular complexity index is 305. The van der Waals surface area contributed by atoms with Crippen LogP contribution in [0, 0.1) is 5.82 Å². The first-order valence-electron chi connectivity index (χ1n) is 4.01. The van der Waals surface area contributed by atoms with Crippen molar-refractivity contribution in [2.75, 3.05) is 0 Å². The molecule has 0 aliphatic heterocycles. The van der Waals surface area contributed by atoms with Crippen LogP contribution in [0.2, 0.25) is 5.02 Å². The third-order valence-corrected chi connectivity index (χ3v) is 2.17. The average Bonchev–Trinajstić information content (AvgIpc) is 1.97. The van der Waals surface area contributed by atoms with Gasteiger partial charge in [-0.2, -0.15) is 0 Å². The third kappa shape index (κ3) is 2.13. The standard InChI is InChI=1S/C10H12ClFO/c1-10(2,3)6-4-7(11)9(13)8(12)5-6/h4-5,13H,1-3H3. The Hall–Kier alpha value is -0.760. The second-order valence-electron chi connectivity index (χ2n) is 4.04. The fourth-order valence-electron chi connectivity index (χ4n) is 0.999. The minimum Gasteiger partial charge on any atom is -0.504 e. The molecule has 0 atom stereocenters. The van der Waals surface area contributed by atoms with Gasteiger partial charge in [0.1, 0.15) is 0 Å². The molecule has 0 bridgehead atoms. The SMILES string of the molecule is CC(C)(C)c1cc(F)c(O)c(Cl)c1. The van der Waals surface area contributed by atoms with Crippen molar-refractivity contribution in [3.63, 3.8) is 0 Å². The largest absolute Gasteiger partial charge is 0.504 e. The van der Waals surface area contributed by atoms with Crippen LogP contribution in [-0.2, 0) is 5.41 Å². The highest BCUT2D eigenvalue weighted by Gasteiger charge is 2.17. The van der Waals surface area contributed by atoms with Crippen LogP contribution in [0.3, 0.4) is 0 Å². The molecule has 0 saturated heterocycles. The summed E-state index contributed by atoms with van der Waals surface area (Å²) < 4.78 is 13.0. The second kappa shape index (κ2) is 3.18. The summed E-state index contributed by atoms with van der Waals surface area (Å²) in [4.78, 5) is 0. The highest BCUT2D eigenvalue weighted by Crippen LogP contribution is 2.32. The van der Waals surface area contributed by atoms with Gasteiger partial charge in [0.15, 0.2) is 11.6 Å². The molecule has 72 valence electrons. The quantitative estimate of drug-likeness (QED) is 0.683. The van der Waals surface area contributed by atoms with Gasteiger partial charge in [-0.25, -0.2) is 4.39 Å².